The van der Waals surface area contributed by atoms with Crippen molar-refractivity contribution < 1.29 is 4.74 Å². The van der Waals surface area contributed by atoms with Crippen molar-refractivity contribution in [3.63, 3.8) is 0 Å². The van der Waals surface area contributed by atoms with Gasteiger partial charge in [-0.1, -0.05) is 25.1 Å². The molecule has 0 radical (unpaired) electrons. The predicted molar refractivity (Wildman–Crippen MR) is 78.8 cm³/mol. The summed E-state index contributed by atoms with van der Waals surface area (Å²) in [5, 5.41) is 7.94. The highest BCUT2D eigenvalue weighted by molar-refractivity contribution is 5.30. The van der Waals surface area contributed by atoms with Crippen LogP contribution in [0.1, 0.15) is 19.0 Å². The van der Waals surface area contributed by atoms with Gasteiger partial charge >= 0.3 is 0 Å². The number of para-hydroxylation sites is 1. The summed E-state index contributed by atoms with van der Waals surface area (Å²) in [6.45, 7) is 4.88. The van der Waals surface area contributed by atoms with E-state index in [-0.39, 0.29) is 0 Å². The Morgan fingerprint density at radius 3 is 2.95 bits per heavy atom. The number of nitrogens with zero attached hydrogens (tertiary/aromatic N) is 2. The smallest absolute Gasteiger partial charge is 0.0911 e. The third-order valence-electron chi connectivity index (χ3n) is 3.87. The average molecular weight is 271 g/mol. The fraction of sp³-hybridized carbons (Fsp3) is 0.438. The van der Waals surface area contributed by atoms with Crippen LogP contribution in [-0.4, -0.2) is 29.0 Å². The van der Waals surface area contributed by atoms with Crippen molar-refractivity contribution in [2.75, 3.05) is 13.1 Å². The van der Waals surface area contributed by atoms with Gasteiger partial charge in [-0.15, -0.1) is 0 Å². The molecule has 1 aromatic carbocycles. The van der Waals surface area contributed by atoms with Crippen LogP contribution < -0.4 is 5.32 Å². The van der Waals surface area contributed by atoms with Gasteiger partial charge in [0.2, 0.25) is 0 Å². The highest BCUT2D eigenvalue weighted by Gasteiger charge is 2.21. The molecule has 0 bridgehead atoms. The number of hydrogen-bond donors (Lipinski definition) is 1. The van der Waals surface area contributed by atoms with E-state index in [9.17, 15) is 0 Å². The molecule has 0 saturated carbocycles. The monoisotopic (exact) mass is 271 g/mol. The molecular formula is C16H21N3O. The zero-order valence-corrected chi connectivity index (χ0v) is 11.8. The van der Waals surface area contributed by atoms with Gasteiger partial charge in [-0.25, -0.2) is 4.68 Å². The molecule has 2 unspecified atom stereocenters. The van der Waals surface area contributed by atoms with Gasteiger partial charge in [0.05, 0.1) is 24.1 Å². The summed E-state index contributed by atoms with van der Waals surface area (Å²) < 4.78 is 7.88. The molecule has 2 heterocycles. The van der Waals surface area contributed by atoms with Gasteiger partial charge in [0.1, 0.15) is 0 Å². The van der Waals surface area contributed by atoms with Gasteiger partial charge in [-0.2, -0.15) is 5.10 Å². The van der Waals surface area contributed by atoms with Crippen LogP contribution in [0.4, 0.5) is 0 Å². The Balaban J connectivity index is 1.60. The fourth-order valence-corrected chi connectivity index (χ4v) is 2.54. The van der Waals surface area contributed by atoms with Gasteiger partial charge in [0.25, 0.3) is 0 Å². The minimum Gasteiger partial charge on any atom is -0.370 e. The van der Waals surface area contributed by atoms with E-state index in [1.165, 1.54) is 6.42 Å². The molecule has 2 atom stereocenters. The Morgan fingerprint density at radius 1 is 1.30 bits per heavy atom. The van der Waals surface area contributed by atoms with Crippen LogP contribution in [-0.2, 0) is 11.3 Å². The first kappa shape index (κ1) is 13.3. The summed E-state index contributed by atoms with van der Waals surface area (Å²) in [4.78, 5) is 0. The lowest BCUT2D eigenvalue weighted by molar-refractivity contribution is -0.00805. The first-order valence-electron chi connectivity index (χ1n) is 7.25. The van der Waals surface area contributed by atoms with Crippen LogP contribution >= 0.6 is 0 Å². The minimum absolute atomic E-state index is 0.297. The molecule has 4 nitrogen and oxygen atoms in total. The van der Waals surface area contributed by atoms with Crippen LogP contribution in [0.25, 0.3) is 5.69 Å². The Morgan fingerprint density at radius 2 is 2.15 bits per heavy atom. The molecule has 1 aromatic heterocycles. The fourth-order valence-electron chi connectivity index (χ4n) is 2.54. The van der Waals surface area contributed by atoms with Crippen LogP contribution in [0, 0.1) is 5.92 Å². The topological polar surface area (TPSA) is 39.1 Å². The number of nitrogens with one attached hydrogen (secondary N) is 1. The number of ether oxygens (including phenoxy) is 1. The molecule has 20 heavy (non-hydrogen) atoms. The van der Waals surface area contributed by atoms with E-state index in [4.69, 9.17) is 4.74 Å². The maximum absolute atomic E-state index is 5.99. The zero-order chi connectivity index (χ0) is 13.8. The Bertz CT molecular complexity index is 538. The summed E-state index contributed by atoms with van der Waals surface area (Å²) in [5.74, 6) is 0.618. The highest BCUT2D eigenvalue weighted by atomic mass is 16.5. The minimum atomic E-state index is 0.297. The largest absolute Gasteiger partial charge is 0.370 e. The van der Waals surface area contributed by atoms with Crippen LogP contribution in [0.2, 0.25) is 0 Å². The number of hydrogen-bond acceptors (Lipinski definition) is 3. The lowest BCUT2D eigenvalue weighted by Crippen LogP contribution is -2.40. The van der Waals surface area contributed by atoms with Crippen molar-refractivity contribution >= 4 is 0 Å². The molecule has 1 N–H and O–H groups in total. The molecule has 2 aromatic rings. The van der Waals surface area contributed by atoms with Gasteiger partial charge in [0, 0.05) is 12.7 Å². The quantitative estimate of drug-likeness (QED) is 0.928. The average Bonchev–Trinajstić information content (AvgIpc) is 2.96. The third kappa shape index (κ3) is 3.08. The molecule has 1 fully saturated rings. The molecule has 1 aliphatic heterocycles. The highest BCUT2D eigenvalue weighted by Crippen LogP contribution is 2.16. The van der Waals surface area contributed by atoms with Crippen molar-refractivity contribution in [3.8, 4) is 5.69 Å². The lowest BCUT2D eigenvalue weighted by atomic mass is 9.97. The van der Waals surface area contributed by atoms with E-state index in [0.29, 0.717) is 18.6 Å². The number of aromatic nitrogens is 2. The second kappa shape index (κ2) is 6.20. The second-order valence-corrected chi connectivity index (χ2v) is 5.41. The summed E-state index contributed by atoms with van der Waals surface area (Å²) in [5.41, 5.74) is 2.05. The van der Waals surface area contributed by atoms with E-state index in [0.717, 1.165) is 24.5 Å². The van der Waals surface area contributed by atoms with E-state index in [2.05, 4.69) is 17.3 Å². The molecule has 3 rings (SSSR count). The lowest BCUT2D eigenvalue weighted by Gasteiger charge is -2.29. The van der Waals surface area contributed by atoms with Crippen LogP contribution in [0.5, 0.6) is 0 Å². The zero-order valence-electron chi connectivity index (χ0n) is 11.8. The maximum Gasteiger partial charge on any atom is 0.0911 e. The van der Waals surface area contributed by atoms with Gasteiger partial charge in [-0.3, -0.25) is 0 Å². The maximum atomic E-state index is 5.99. The SMILES string of the molecule is CC1CCNCC1OCc1ccn(-c2ccccc2)n1. The van der Waals surface area contributed by atoms with Crippen molar-refractivity contribution in [1.82, 2.24) is 15.1 Å². The van der Waals surface area contributed by atoms with Crippen molar-refractivity contribution in [2.45, 2.75) is 26.1 Å². The van der Waals surface area contributed by atoms with E-state index in [1.54, 1.807) is 0 Å². The third-order valence-corrected chi connectivity index (χ3v) is 3.87. The Kier molecular flexibility index (Phi) is 4.14. The molecule has 0 amide bonds. The molecule has 4 heteroatoms. The molecule has 1 aliphatic rings. The normalized spacial score (nSPS) is 22.9. The summed E-state index contributed by atoms with van der Waals surface area (Å²) in [7, 11) is 0. The number of rotatable bonds is 4. The van der Waals surface area contributed by atoms with Gasteiger partial charge < -0.3 is 10.1 Å². The second-order valence-electron chi connectivity index (χ2n) is 5.41. The van der Waals surface area contributed by atoms with Crippen LogP contribution in [0.15, 0.2) is 42.6 Å². The van der Waals surface area contributed by atoms with Crippen LogP contribution in [0.3, 0.4) is 0 Å². The Hall–Kier alpha value is -1.65. The molecule has 0 spiro atoms. The van der Waals surface area contributed by atoms with Crippen molar-refractivity contribution in [2.24, 2.45) is 5.92 Å². The van der Waals surface area contributed by atoms with E-state index < -0.39 is 0 Å². The van der Waals surface area contributed by atoms with E-state index in [1.807, 2.05) is 47.3 Å². The predicted octanol–water partition coefficient (Wildman–Crippen LogP) is 2.39. The standard InChI is InChI=1S/C16H21N3O/c1-13-7-9-17-11-16(13)20-12-14-8-10-19(18-14)15-5-3-2-4-6-15/h2-6,8,10,13,16-17H,7,9,11-12H2,1H3. The van der Waals surface area contributed by atoms with Crippen molar-refractivity contribution in [3.05, 3.63) is 48.3 Å². The van der Waals surface area contributed by atoms with Crippen molar-refractivity contribution in [1.29, 1.82) is 0 Å². The molecule has 1 saturated heterocycles. The van der Waals surface area contributed by atoms with Gasteiger partial charge in [0.15, 0.2) is 0 Å². The first-order chi connectivity index (χ1) is 9.83. The van der Waals surface area contributed by atoms with Gasteiger partial charge in [-0.05, 0) is 37.1 Å². The number of piperidine rings is 1. The molecular weight excluding hydrogens is 250 g/mol. The summed E-state index contributed by atoms with van der Waals surface area (Å²) in [6.07, 6.45) is 3.46. The first-order valence-corrected chi connectivity index (χ1v) is 7.25. The Labute approximate surface area is 119 Å². The summed E-state index contributed by atoms with van der Waals surface area (Å²) >= 11 is 0. The molecule has 0 aliphatic carbocycles. The van der Waals surface area contributed by atoms with E-state index >= 15 is 0 Å². The number of benzene rings is 1. The molecule has 106 valence electrons. The summed E-state index contributed by atoms with van der Waals surface area (Å²) in [6, 6.07) is 12.2.